The summed E-state index contributed by atoms with van der Waals surface area (Å²) < 4.78 is 0. The Morgan fingerprint density at radius 1 is 1.29 bits per heavy atom. The lowest BCUT2D eigenvalue weighted by atomic mass is 10.2. The summed E-state index contributed by atoms with van der Waals surface area (Å²) in [6.07, 6.45) is 0. The van der Waals surface area contributed by atoms with Crippen LogP contribution < -0.4 is 0 Å². The third kappa shape index (κ3) is 5.63. The van der Waals surface area contributed by atoms with E-state index in [0.29, 0.717) is 0 Å². The fraction of sp³-hybridized carbons (Fsp3) is 0.143. The van der Waals surface area contributed by atoms with Gasteiger partial charge in [0.05, 0.1) is 11.5 Å². The second-order valence-electron chi connectivity index (χ2n) is 4.11. The molecule has 2 aromatic rings. The lowest BCUT2D eigenvalue weighted by Gasteiger charge is -1.99. The van der Waals surface area contributed by atoms with Crippen molar-refractivity contribution in [2.24, 2.45) is 5.11 Å². The predicted molar refractivity (Wildman–Crippen MR) is 78.8 cm³/mol. The molecule has 0 aliphatic rings. The Morgan fingerprint density at radius 3 is 2.43 bits per heavy atom. The quantitative estimate of drug-likeness (QED) is 0.301. The van der Waals surface area contributed by atoms with Gasteiger partial charge in [0.2, 0.25) is 0 Å². The predicted octanol–water partition coefficient (Wildman–Crippen LogP) is 4.11. The molecule has 7 nitrogen and oxygen atoms in total. The van der Waals surface area contributed by atoms with Gasteiger partial charge < -0.3 is 5.11 Å². The van der Waals surface area contributed by atoms with E-state index in [-0.39, 0.29) is 23.5 Å². The van der Waals surface area contributed by atoms with E-state index in [1.54, 1.807) is 0 Å². The normalized spacial score (nSPS) is 9.00. The highest BCUT2D eigenvalue weighted by atomic mass is 16.6. The van der Waals surface area contributed by atoms with Crippen LogP contribution in [0.5, 0.6) is 5.75 Å². The largest absolute Gasteiger partial charge is 0.508 e. The highest BCUT2D eigenvalue weighted by molar-refractivity contribution is 5.42. The Bertz CT molecular complexity index is 653. The number of aromatic hydroxyl groups is 1. The van der Waals surface area contributed by atoms with E-state index in [4.69, 9.17) is 5.53 Å². The summed E-state index contributed by atoms with van der Waals surface area (Å²) in [5.74, 6) is -0.122. The second-order valence-corrected chi connectivity index (χ2v) is 4.11. The van der Waals surface area contributed by atoms with Crippen LogP contribution in [0.2, 0.25) is 0 Å². The summed E-state index contributed by atoms with van der Waals surface area (Å²) in [6.45, 7) is 1.98. The van der Waals surface area contributed by atoms with E-state index < -0.39 is 4.92 Å². The summed E-state index contributed by atoms with van der Waals surface area (Å²) in [5.41, 5.74) is 9.45. The number of non-ortho nitro benzene ring substituents is 1. The van der Waals surface area contributed by atoms with Gasteiger partial charge >= 0.3 is 0 Å². The molecule has 0 amide bonds. The molecule has 7 heteroatoms. The standard InChI is InChI=1S/C7H6N4O3.C7H8/c8-10-9-4-5-3-6(11(13)14)1-2-7(5)12;1-7-5-3-2-4-6-7/h1-3,12H,4H2;2-6H,1H3. The third-order valence-electron chi connectivity index (χ3n) is 2.52. The van der Waals surface area contributed by atoms with E-state index in [9.17, 15) is 15.2 Å². The Morgan fingerprint density at radius 2 is 1.95 bits per heavy atom. The van der Waals surface area contributed by atoms with E-state index in [0.717, 1.165) is 0 Å². The molecular formula is C14H14N4O3. The molecule has 0 unspecified atom stereocenters. The molecule has 0 bridgehead atoms. The molecule has 0 aliphatic heterocycles. The molecule has 108 valence electrons. The minimum absolute atomic E-state index is 0.107. The van der Waals surface area contributed by atoms with Gasteiger partial charge in [0.15, 0.2) is 0 Å². The minimum Gasteiger partial charge on any atom is -0.508 e. The Labute approximate surface area is 121 Å². The van der Waals surface area contributed by atoms with Crippen molar-refractivity contribution in [2.75, 3.05) is 0 Å². The maximum absolute atomic E-state index is 10.4. The van der Waals surface area contributed by atoms with Gasteiger partial charge in [-0.05, 0) is 18.5 Å². The summed E-state index contributed by atoms with van der Waals surface area (Å²) >= 11 is 0. The van der Waals surface area contributed by atoms with Crippen LogP contribution in [0.1, 0.15) is 11.1 Å². The highest BCUT2D eigenvalue weighted by Gasteiger charge is 2.08. The van der Waals surface area contributed by atoms with Crippen molar-refractivity contribution in [3.8, 4) is 5.75 Å². The van der Waals surface area contributed by atoms with Crippen LogP contribution in [0, 0.1) is 17.0 Å². The zero-order valence-electron chi connectivity index (χ0n) is 11.4. The van der Waals surface area contributed by atoms with Gasteiger partial charge in [-0.3, -0.25) is 10.1 Å². The van der Waals surface area contributed by atoms with Crippen LogP contribution in [-0.2, 0) is 6.54 Å². The molecule has 21 heavy (non-hydrogen) atoms. The van der Waals surface area contributed by atoms with Crippen molar-refractivity contribution in [3.63, 3.8) is 0 Å². The van der Waals surface area contributed by atoms with Gasteiger partial charge in [-0.1, -0.05) is 41.0 Å². The third-order valence-corrected chi connectivity index (χ3v) is 2.52. The average Bonchev–Trinajstić information content (AvgIpc) is 2.47. The first-order valence-corrected chi connectivity index (χ1v) is 6.03. The summed E-state index contributed by atoms with van der Waals surface area (Å²) in [4.78, 5) is 12.3. The first-order valence-electron chi connectivity index (χ1n) is 6.03. The number of phenols is 1. The molecule has 1 N–H and O–H groups in total. The van der Waals surface area contributed by atoms with Crippen LogP contribution in [0.15, 0.2) is 53.6 Å². The van der Waals surface area contributed by atoms with Gasteiger partial charge in [-0.15, -0.1) is 0 Å². The van der Waals surface area contributed by atoms with E-state index >= 15 is 0 Å². The van der Waals surface area contributed by atoms with Crippen molar-refractivity contribution in [3.05, 3.63) is 80.2 Å². The zero-order chi connectivity index (χ0) is 15.7. The maximum Gasteiger partial charge on any atom is 0.269 e. The van der Waals surface area contributed by atoms with E-state index in [1.807, 2.05) is 18.2 Å². The maximum atomic E-state index is 10.4. The van der Waals surface area contributed by atoms with Crippen molar-refractivity contribution >= 4 is 5.69 Å². The molecule has 0 atom stereocenters. The van der Waals surface area contributed by atoms with Gasteiger partial charge in [-0.2, -0.15) is 0 Å². The minimum atomic E-state index is -0.584. The molecule has 0 radical (unpaired) electrons. The number of benzene rings is 2. The number of rotatable bonds is 3. The molecule has 0 saturated carbocycles. The van der Waals surface area contributed by atoms with Crippen molar-refractivity contribution in [1.29, 1.82) is 0 Å². The molecule has 2 rings (SSSR count). The van der Waals surface area contributed by atoms with Crippen LogP contribution in [-0.4, -0.2) is 10.0 Å². The molecule has 0 saturated heterocycles. The van der Waals surface area contributed by atoms with E-state index in [1.165, 1.54) is 23.8 Å². The van der Waals surface area contributed by atoms with Crippen LogP contribution in [0.25, 0.3) is 10.4 Å². The van der Waals surface area contributed by atoms with Crippen molar-refractivity contribution in [2.45, 2.75) is 13.5 Å². The highest BCUT2D eigenvalue weighted by Crippen LogP contribution is 2.23. The van der Waals surface area contributed by atoms with E-state index in [2.05, 4.69) is 29.1 Å². The van der Waals surface area contributed by atoms with Gasteiger partial charge in [0.1, 0.15) is 5.75 Å². The van der Waals surface area contributed by atoms with Crippen LogP contribution in [0.4, 0.5) is 5.69 Å². The number of azide groups is 1. The molecule has 0 aliphatic carbocycles. The number of nitrogens with zero attached hydrogens (tertiary/aromatic N) is 4. The SMILES string of the molecule is Cc1ccccc1.[N-]=[N+]=NCc1cc([N+](=O)[O-])ccc1O. The van der Waals surface area contributed by atoms with Gasteiger partial charge in [0.25, 0.3) is 5.69 Å². The van der Waals surface area contributed by atoms with Crippen LogP contribution in [0.3, 0.4) is 0 Å². The number of hydrogen-bond acceptors (Lipinski definition) is 4. The molecule has 2 aromatic carbocycles. The fourth-order valence-electron chi connectivity index (χ4n) is 1.45. The first-order chi connectivity index (χ1) is 10.0. The fourth-order valence-corrected chi connectivity index (χ4v) is 1.45. The number of hydrogen-bond donors (Lipinski definition) is 1. The van der Waals surface area contributed by atoms with Gasteiger partial charge in [0, 0.05) is 22.6 Å². The van der Waals surface area contributed by atoms with Crippen LogP contribution >= 0.6 is 0 Å². The number of aryl methyl sites for hydroxylation is 1. The molecule has 0 heterocycles. The second kappa shape index (κ2) is 8.19. The van der Waals surface area contributed by atoms with Crippen molar-refractivity contribution in [1.82, 2.24) is 0 Å². The summed E-state index contributed by atoms with van der Waals surface area (Å²) in [5, 5.41) is 22.8. The molecular weight excluding hydrogens is 272 g/mol. The number of nitro groups is 1. The Balaban J connectivity index is 0.000000262. The molecule has 0 fully saturated rings. The summed E-state index contributed by atoms with van der Waals surface area (Å²) in [7, 11) is 0. The monoisotopic (exact) mass is 286 g/mol. The average molecular weight is 286 g/mol. The zero-order valence-corrected chi connectivity index (χ0v) is 11.4. The first kappa shape index (κ1) is 16.0. The smallest absolute Gasteiger partial charge is 0.269 e. The lowest BCUT2D eigenvalue weighted by Crippen LogP contribution is -1.90. The number of phenolic OH excluding ortho intramolecular Hbond substituents is 1. The topological polar surface area (TPSA) is 112 Å². The van der Waals surface area contributed by atoms with Crippen molar-refractivity contribution < 1.29 is 10.0 Å². The number of nitro benzene ring substituents is 1. The van der Waals surface area contributed by atoms with Gasteiger partial charge in [-0.25, -0.2) is 0 Å². The Kier molecular flexibility index (Phi) is 6.24. The summed E-state index contributed by atoms with van der Waals surface area (Å²) in [6, 6.07) is 13.8. The molecule has 0 aromatic heterocycles. The lowest BCUT2D eigenvalue weighted by molar-refractivity contribution is -0.384. The Hall–Kier alpha value is -3.05. The molecule has 0 spiro atoms.